The summed E-state index contributed by atoms with van der Waals surface area (Å²) in [5, 5.41) is 4.14. The van der Waals surface area contributed by atoms with Crippen LogP contribution in [0.5, 0.6) is 0 Å². The molecule has 0 aliphatic carbocycles. The van der Waals surface area contributed by atoms with Gasteiger partial charge in [-0.05, 0) is 32.1 Å². The molecule has 3 aromatic heterocycles. The van der Waals surface area contributed by atoms with E-state index in [1.165, 1.54) is 11.3 Å². The van der Waals surface area contributed by atoms with Crippen molar-refractivity contribution in [2.75, 3.05) is 51.6 Å². The molecule has 4 aromatic rings. The number of benzene rings is 1. The smallest absolute Gasteiger partial charge is 0.275 e. The van der Waals surface area contributed by atoms with Gasteiger partial charge >= 0.3 is 0 Å². The van der Waals surface area contributed by atoms with E-state index in [-0.39, 0.29) is 5.56 Å². The number of piperazine rings is 1. The summed E-state index contributed by atoms with van der Waals surface area (Å²) in [4.78, 5) is 32.3. The molecule has 1 aliphatic rings. The van der Waals surface area contributed by atoms with Crippen molar-refractivity contribution in [1.82, 2.24) is 29.3 Å². The number of rotatable bonds is 6. The van der Waals surface area contributed by atoms with Crippen molar-refractivity contribution >= 4 is 37.7 Å². The molecule has 160 valence electrons. The van der Waals surface area contributed by atoms with Crippen LogP contribution < -0.4 is 10.9 Å². The number of likely N-dealkylation sites (N-methyl/N-ethyl adjacent to an activating group) is 1. The predicted octanol–water partition coefficient (Wildman–Crippen LogP) is 2.44. The van der Waals surface area contributed by atoms with Gasteiger partial charge in [-0.3, -0.25) is 9.36 Å². The summed E-state index contributed by atoms with van der Waals surface area (Å²) < 4.78 is 2.17. The lowest BCUT2D eigenvalue weighted by Gasteiger charge is -2.32. The molecule has 31 heavy (non-hydrogen) atoms. The van der Waals surface area contributed by atoms with E-state index < -0.39 is 0 Å². The number of aromatic nitrogens is 4. The highest BCUT2D eigenvalue weighted by atomic mass is 32.1. The van der Waals surface area contributed by atoms with Crippen LogP contribution in [0, 0.1) is 0 Å². The predicted molar refractivity (Wildman–Crippen MR) is 125 cm³/mol. The molecule has 0 spiro atoms. The molecule has 1 aromatic carbocycles. The second-order valence-electron chi connectivity index (χ2n) is 7.87. The molecule has 1 N–H and O–H groups in total. The molecule has 0 atom stereocenters. The first-order valence-electron chi connectivity index (χ1n) is 10.6. The van der Waals surface area contributed by atoms with E-state index in [0.717, 1.165) is 61.6 Å². The molecule has 0 unspecified atom stereocenters. The van der Waals surface area contributed by atoms with Gasteiger partial charge in [0.05, 0.1) is 16.6 Å². The van der Waals surface area contributed by atoms with E-state index in [0.29, 0.717) is 16.2 Å². The third-order valence-electron chi connectivity index (χ3n) is 5.70. The van der Waals surface area contributed by atoms with Gasteiger partial charge in [0.1, 0.15) is 15.9 Å². The zero-order chi connectivity index (χ0) is 21.2. The lowest BCUT2D eigenvalue weighted by Crippen LogP contribution is -2.44. The molecule has 0 bridgehead atoms. The molecule has 9 heteroatoms. The van der Waals surface area contributed by atoms with E-state index in [1.807, 2.05) is 30.3 Å². The van der Waals surface area contributed by atoms with Crippen molar-refractivity contribution in [3.05, 3.63) is 53.2 Å². The molecule has 1 saturated heterocycles. The minimum Gasteiger partial charge on any atom is -0.354 e. The van der Waals surface area contributed by atoms with Crippen molar-refractivity contribution in [3.8, 4) is 5.69 Å². The lowest BCUT2D eigenvalue weighted by molar-refractivity contribution is 0.154. The summed E-state index contributed by atoms with van der Waals surface area (Å²) in [5.74, 6) is 0.598. The van der Waals surface area contributed by atoms with Crippen molar-refractivity contribution in [2.45, 2.75) is 6.42 Å². The van der Waals surface area contributed by atoms with Crippen LogP contribution in [-0.2, 0) is 0 Å². The topological polar surface area (TPSA) is 79.2 Å². The number of anilines is 1. The fourth-order valence-corrected chi connectivity index (χ4v) is 4.89. The summed E-state index contributed by atoms with van der Waals surface area (Å²) in [5.41, 5.74) is 1.38. The summed E-state index contributed by atoms with van der Waals surface area (Å²) in [7, 11) is 2.17. The average molecular weight is 436 g/mol. The monoisotopic (exact) mass is 435 g/mol. The minimum atomic E-state index is -0.0825. The van der Waals surface area contributed by atoms with Gasteiger partial charge in [0.2, 0.25) is 5.95 Å². The van der Waals surface area contributed by atoms with E-state index >= 15 is 0 Å². The zero-order valence-electron chi connectivity index (χ0n) is 17.5. The largest absolute Gasteiger partial charge is 0.354 e. The number of thiophene rings is 1. The fourth-order valence-electron chi connectivity index (χ4n) is 3.86. The highest BCUT2D eigenvalue weighted by molar-refractivity contribution is 7.25. The first kappa shape index (κ1) is 20.0. The molecule has 1 aliphatic heterocycles. The van der Waals surface area contributed by atoms with Crippen molar-refractivity contribution in [1.29, 1.82) is 0 Å². The first-order chi connectivity index (χ1) is 15.2. The second-order valence-corrected chi connectivity index (χ2v) is 8.87. The molecular weight excluding hydrogens is 410 g/mol. The fraction of sp³-hybridized carbons (Fsp3) is 0.364. The molecule has 1 fully saturated rings. The Morgan fingerprint density at radius 2 is 1.90 bits per heavy atom. The van der Waals surface area contributed by atoms with Gasteiger partial charge in [-0.15, -0.1) is 11.3 Å². The molecule has 4 heterocycles. The van der Waals surface area contributed by atoms with Gasteiger partial charge in [0, 0.05) is 38.9 Å². The van der Waals surface area contributed by atoms with Gasteiger partial charge < -0.3 is 15.1 Å². The Morgan fingerprint density at radius 1 is 1.10 bits per heavy atom. The Hall–Kier alpha value is -2.88. The maximum absolute atomic E-state index is 13.0. The number of para-hydroxylation sites is 1. The van der Waals surface area contributed by atoms with Crippen molar-refractivity contribution < 1.29 is 0 Å². The molecule has 5 rings (SSSR count). The number of hydrogen-bond acceptors (Lipinski definition) is 8. The van der Waals surface area contributed by atoms with Crippen LogP contribution in [0.3, 0.4) is 0 Å². The number of nitrogens with one attached hydrogen (secondary N) is 1. The standard InChI is InChI=1S/C22H25N7OS/c1-27-10-12-28(13-11-27)9-5-8-23-22-24-14-17-18-19(31-20(17)26-22)21(30)29(15-25-18)16-6-3-2-4-7-16/h2-4,6-7,14-15H,5,8-13H2,1H3,(H,23,24,26). The van der Waals surface area contributed by atoms with Crippen LogP contribution in [-0.4, -0.2) is 75.6 Å². The van der Waals surface area contributed by atoms with E-state index in [1.54, 1.807) is 17.1 Å². The van der Waals surface area contributed by atoms with E-state index in [4.69, 9.17) is 0 Å². The maximum atomic E-state index is 13.0. The Labute approximate surface area is 184 Å². The molecule has 0 amide bonds. The SMILES string of the molecule is CN1CCN(CCCNc2ncc3c(n2)sc2c(=O)n(-c4ccccc4)cnc23)CC1. The van der Waals surface area contributed by atoms with Gasteiger partial charge in [-0.25, -0.2) is 15.0 Å². The third kappa shape index (κ3) is 4.16. The highest BCUT2D eigenvalue weighted by Crippen LogP contribution is 2.29. The van der Waals surface area contributed by atoms with Crippen LogP contribution in [0.2, 0.25) is 0 Å². The third-order valence-corrected chi connectivity index (χ3v) is 6.78. The van der Waals surface area contributed by atoms with Crippen molar-refractivity contribution in [2.24, 2.45) is 0 Å². The van der Waals surface area contributed by atoms with E-state index in [2.05, 4.69) is 37.1 Å². The molecule has 8 nitrogen and oxygen atoms in total. The molecule has 0 radical (unpaired) electrons. The zero-order valence-corrected chi connectivity index (χ0v) is 18.3. The van der Waals surface area contributed by atoms with Gasteiger partial charge in [0.25, 0.3) is 5.56 Å². The quantitative estimate of drug-likeness (QED) is 0.466. The average Bonchev–Trinajstić information content (AvgIpc) is 3.18. The van der Waals surface area contributed by atoms with Crippen molar-refractivity contribution in [3.63, 3.8) is 0 Å². The van der Waals surface area contributed by atoms with Crippen LogP contribution in [0.1, 0.15) is 6.42 Å². The summed E-state index contributed by atoms with van der Waals surface area (Å²) in [6, 6.07) is 9.53. The molecule has 0 saturated carbocycles. The maximum Gasteiger partial charge on any atom is 0.275 e. The Bertz CT molecular complexity index is 1250. The summed E-state index contributed by atoms with van der Waals surface area (Å²) in [6.07, 6.45) is 4.39. The number of fused-ring (bicyclic) bond motifs is 3. The van der Waals surface area contributed by atoms with Crippen LogP contribution >= 0.6 is 11.3 Å². The number of nitrogens with zero attached hydrogens (tertiary/aromatic N) is 6. The van der Waals surface area contributed by atoms with Gasteiger partial charge in [-0.2, -0.15) is 0 Å². The summed E-state index contributed by atoms with van der Waals surface area (Å²) in [6.45, 7) is 6.44. The Balaban J connectivity index is 1.31. The highest BCUT2D eigenvalue weighted by Gasteiger charge is 2.15. The van der Waals surface area contributed by atoms with E-state index in [9.17, 15) is 4.79 Å². The lowest BCUT2D eigenvalue weighted by atomic mass is 10.3. The van der Waals surface area contributed by atoms with Gasteiger partial charge in [-0.1, -0.05) is 18.2 Å². The van der Waals surface area contributed by atoms with Crippen LogP contribution in [0.4, 0.5) is 5.95 Å². The molecular formula is C22H25N7OS. The Morgan fingerprint density at radius 3 is 2.71 bits per heavy atom. The van der Waals surface area contributed by atoms with Crippen LogP contribution in [0.25, 0.3) is 26.1 Å². The normalized spacial score (nSPS) is 15.6. The number of hydrogen-bond donors (Lipinski definition) is 1. The Kier molecular flexibility index (Phi) is 5.63. The summed E-state index contributed by atoms with van der Waals surface area (Å²) >= 11 is 1.37. The van der Waals surface area contributed by atoms with Crippen LogP contribution in [0.15, 0.2) is 47.7 Å². The first-order valence-corrected chi connectivity index (χ1v) is 11.4. The second kappa shape index (κ2) is 8.70. The minimum absolute atomic E-state index is 0.0825. The van der Waals surface area contributed by atoms with Gasteiger partial charge in [0.15, 0.2) is 0 Å².